The third-order valence-electron chi connectivity index (χ3n) is 10.1. The normalized spacial score (nSPS) is 31.0. The number of aromatic hydroxyl groups is 1. The highest BCUT2D eigenvalue weighted by molar-refractivity contribution is 6.06. The highest BCUT2D eigenvalue weighted by Crippen LogP contribution is 2.41. The van der Waals surface area contributed by atoms with Gasteiger partial charge in [-0.15, -0.1) is 0 Å². The van der Waals surface area contributed by atoms with Gasteiger partial charge >= 0.3 is 11.7 Å². The first-order valence-corrected chi connectivity index (χ1v) is 15.1. The van der Waals surface area contributed by atoms with E-state index in [0.29, 0.717) is 51.8 Å². The van der Waals surface area contributed by atoms with Gasteiger partial charge in [-0.25, -0.2) is 9.59 Å². The summed E-state index contributed by atoms with van der Waals surface area (Å²) in [5, 5.41) is 18.6. The van der Waals surface area contributed by atoms with Gasteiger partial charge in [0.2, 0.25) is 5.88 Å². The Morgan fingerprint density at radius 3 is 2.29 bits per heavy atom. The molecule has 4 fully saturated rings. The van der Waals surface area contributed by atoms with Crippen molar-refractivity contribution in [2.45, 2.75) is 102 Å². The van der Waals surface area contributed by atoms with Crippen molar-refractivity contribution in [3.05, 3.63) is 26.4 Å². The van der Waals surface area contributed by atoms with Gasteiger partial charge < -0.3 is 20.5 Å². The van der Waals surface area contributed by atoms with E-state index < -0.39 is 34.5 Å². The molecule has 0 aromatic carbocycles. The molecule has 2 aliphatic carbocycles. The van der Waals surface area contributed by atoms with E-state index in [1.807, 2.05) is 13.8 Å². The number of nitrogens with two attached hydrogens (primary N) is 1. The van der Waals surface area contributed by atoms with Crippen LogP contribution < -0.4 is 17.0 Å². The first-order valence-electron chi connectivity index (χ1n) is 15.1. The fourth-order valence-corrected chi connectivity index (χ4v) is 7.43. The lowest BCUT2D eigenvalue weighted by molar-refractivity contribution is -0.133. The molecule has 2 saturated carbocycles. The summed E-state index contributed by atoms with van der Waals surface area (Å²) in [6, 6.07) is -0.654. The Kier molecular flexibility index (Phi) is 8.06. The van der Waals surface area contributed by atoms with Gasteiger partial charge in [0.15, 0.2) is 0 Å². The Balaban J connectivity index is 1.33. The van der Waals surface area contributed by atoms with Gasteiger partial charge in [-0.3, -0.25) is 29.0 Å². The molecule has 5 rings (SSSR count). The number of imide groups is 1. The zero-order valence-electron chi connectivity index (χ0n) is 24.4. The van der Waals surface area contributed by atoms with Crippen LogP contribution in [0, 0.1) is 23.2 Å². The van der Waals surface area contributed by atoms with Crippen LogP contribution in [0.3, 0.4) is 0 Å². The minimum atomic E-state index is -0.947. The highest BCUT2D eigenvalue weighted by Gasteiger charge is 2.54. The number of hydrogen-bond donors (Lipinski definition) is 3. The van der Waals surface area contributed by atoms with Crippen LogP contribution in [0.2, 0.25) is 0 Å². The summed E-state index contributed by atoms with van der Waals surface area (Å²) in [6.07, 6.45) is 7.76. The van der Waals surface area contributed by atoms with Crippen LogP contribution in [0.1, 0.15) is 89.7 Å². The van der Waals surface area contributed by atoms with E-state index in [0.717, 1.165) is 32.1 Å². The molecule has 4 aliphatic rings. The maximum absolute atomic E-state index is 13.5. The summed E-state index contributed by atoms with van der Waals surface area (Å²) in [6.45, 7) is 5.38. The van der Waals surface area contributed by atoms with Crippen molar-refractivity contribution in [3.8, 4) is 5.88 Å². The maximum atomic E-state index is 13.5. The molecule has 1 aromatic rings. The molecular weight excluding hydrogens is 528 g/mol. The second-order valence-electron chi connectivity index (χ2n) is 13.0. The Morgan fingerprint density at radius 1 is 1.02 bits per heavy atom. The molecule has 0 radical (unpaired) electrons. The van der Waals surface area contributed by atoms with E-state index in [9.17, 15) is 24.3 Å². The zero-order chi connectivity index (χ0) is 29.6. The molecule has 0 unspecified atom stereocenters. The van der Waals surface area contributed by atoms with Crippen LogP contribution in [0.25, 0.3) is 0 Å². The van der Waals surface area contributed by atoms with Gasteiger partial charge in [0.05, 0.1) is 6.10 Å². The van der Waals surface area contributed by atoms with Crippen molar-refractivity contribution < 1.29 is 19.4 Å². The molecule has 4 N–H and O–H groups in total. The molecule has 1 aromatic heterocycles. The molecule has 226 valence electrons. The second kappa shape index (κ2) is 11.3. The standard InChI is InChI=1S/C29H44N6O6/c1-17-13-20(11-12-41-17)16-34-27(39)32(3)26(38)29(34,2)14-18-7-9-21(10-8-18)35-25(37)22(23(30)31)24(36)33(28(35)40)15-19-5-4-6-19/h17-21,36H,4-16H2,1-3H3,(H3,30,31)/t17-,18?,20-,21?,29+/m1/s1. The Morgan fingerprint density at radius 2 is 1.71 bits per heavy atom. The van der Waals surface area contributed by atoms with Gasteiger partial charge in [-0.05, 0) is 89.4 Å². The summed E-state index contributed by atoms with van der Waals surface area (Å²) >= 11 is 0. The minimum absolute atomic E-state index is 0.131. The molecule has 41 heavy (non-hydrogen) atoms. The van der Waals surface area contributed by atoms with Crippen molar-refractivity contribution in [1.82, 2.24) is 18.9 Å². The summed E-state index contributed by atoms with van der Waals surface area (Å²) < 4.78 is 8.07. The van der Waals surface area contributed by atoms with Crippen LogP contribution in [0.15, 0.2) is 9.59 Å². The third kappa shape index (κ3) is 5.30. The number of carbonyl (C=O) groups excluding carboxylic acids is 2. The maximum Gasteiger partial charge on any atom is 0.334 e. The van der Waals surface area contributed by atoms with Crippen LogP contribution >= 0.6 is 0 Å². The van der Waals surface area contributed by atoms with Crippen molar-refractivity contribution in [2.75, 3.05) is 20.2 Å². The van der Waals surface area contributed by atoms with Crippen molar-refractivity contribution in [2.24, 2.45) is 23.5 Å². The smallest absolute Gasteiger partial charge is 0.334 e. The zero-order valence-corrected chi connectivity index (χ0v) is 24.4. The number of nitrogens with zero attached hydrogens (tertiary/aromatic N) is 4. The lowest BCUT2D eigenvalue weighted by Gasteiger charge is -2.40. The number of nitrogen functional groups attached to an aromatic ring is 1. The van der Waals surface area contributed by atoms with Gasteiger partial charge in [0, 0.05) is 32.8 Å². The summed E-state index contributed by atoms with van der Waals surface area (Å²) in [5.74, 6) is -0.617. The SMILES string of the molecule is C[C@@H]1C[C@H](CN2C(=O)N(C)C(=O)[C@]2(C)CC2CCC(n3c(=O)c(C(=N)N)c(O)n(CC4CCC4)c3=O)CC2)CCO1. The predicted octanol–water partition coefficient (Wildman–Crippen LogP) is 2.39. The van der Waals surface area contributed by atoms with Gasteiger partial charge in [-0.1, -0.05) is 6.42 Å². The number of amides is 3. The molecule has 2 saturated heterocycles. The largest absolute Gasteiger partial charge is 0.494 e. The first-order chi connectivity index (χ1) is 19.4. The van der Waals surface area contributed by atoms with Crippen LogP contribution in [0.5, 0.6) is 5.88 Å². The number of hydrogen-bond acceptors (Lipinski definition) is 7. The van der Waals surface area contributed by atoms with Gasteiger partial charge in [0.25, 0.3) is 11.5 Å². The van der Waals surface area contributed by atoms with Crippen molar-refractivity contribution in [1.29, 1.82) is 5.41 Å². The molecule has 0 bridgehead atoms. The quantitative estimate of drug-likeness (QED) is 0.244. The van der Waals surface area contributed by atoms with E-state index in [4.69, 9.17) is 15.9 Å². The van der Waals surface area contributed by atoms with Crippen molar-refractivity contribution in [3.63, 3.8) is 0 Å². The minimum Gasteiger partial charge on any atom is -0.494 e. The van der Waals surface area contributed by atoms with Crippen LogP contribution in [0.4, 0.5) is 4.79 Å². The molecule has 12 nitrogen and oxygen atoms in total. The lowest BCUT2D eigenvalue weighted by atomic mass is 9.77. The van der Waals surface area contributed by atoms with E-state index in [2.05, 4.69) is 0 Å². The second-order valence-corrected chi connectivity index (χ2v) is 13.0. The molecule has 3 heterocycles. The highest BCUT2D eigenvalue weighted by atomic mass is 16.5. The number of rotatable bonds is 8. The van der Waals surface area contributed by atoms with E-state index in [-0.39, 0.29) is 41.4 Å². The van der Waals surface area contributed by atoms with Gasteiger partial charge in [0.1, 0.15) is 16.9 Å². The van der Waals surface area contributed by atoms with Crippen LogP contribution in [-0.2, 0) is 16.1 Å². The number of carbonyl (C=O) groups is 2. The average Bonchev–Trinajstić information content (AvgIpc) is 3.04. The number of amidine groups is 1. The monoisotopic (exact) mass is 572 g/mol. The van der Waals surface area contributed by atoms with E-state index in [1.165, 1.54) is 14.0 Å². The fourth-order valence-electron chi connectivity index (χ4n) is 7.43. The third-order valence-corrected chi connectivity index (χ3v) is 10.1. The predicted molar refractivity (Wildman–Crippen MR) is 152 cm³/mol. The molecular formula is C29H44N6O6. The number of aromatic nitrogens is 2. The van der Waals surface area contributed by atoms with E-state index in [1.54, 1.807) is 11.9 Å². The van der Waals surface area contributed by atoms with E-state index >= 15 is 0 Å². The summed E-state index contributed by atoms with van der Waals surface area (Å²) in [5.41, 5.74) is 3.12. The molecule has 3 amide bonds. The summed E-state index contributed by atoms with van der Waals surface area (Å²) in [7, 11) is 1.55. The molecule has 12 heteroatoms. The van der Waals surface area contributed by atoms with Gasteiger partial charge in [-0.2, -0.15) is 0 Å². The Bertz CT molecular complexity index is 1330. The topological polar surface area (TPSA) is 164 Å². The summed E-state index contributed by atoms with van der Waals surface area (Å²) in [4.78, 5) is 56.4. The lowest BCUT2D eigenvalue weighted by Crippen LogP contribution is -2.51. The average molecular weight is 573 g/mol. The number of urea groups is 1. The number of likely N-dealkylation sites (N-methyl/N-ethyl adjacent to an activating group) is 1. The fraction of sp³-hybridized carbons (Fsp3) is 0.759. The Hall–Kier alpha value is -3.15. The number of nitrogens with one attached hydrogen (secondary N) is 1. The van der Waals surface area contributed by atoms with Crippen molar-refractivity contribution >= 4 is 17.8 Å². The molecule has 3 atom stereocenters. The molecule has 2 aliphatic heterocycles. The first kappa shape index (κ1) is 29.3. The number of ether oxygens (including phenoxy) is 1. The Labute approximate surface area is 239 Å². The molecule has 0 spiro atoms. The van der Waals surface area contributed by atoms with Crippen LogP contribution in [-0.4, -0.2) is 73.7 Å².